The molecule has 3 rings (SSSR count). The van der Waals surface area contributed by atoms with Gasteiger partial charge in [-0.25, -0.2) is 4.98 Å². The van der Waals surface area contributed by atoms with E-state index in [4.69, 9.17) is 0 Å². The van der Waals surface area contributed by atoms with Crippen LogP contribution in [0.1, 0.15) is 11.4 Å². The predicted octanol–water partition coefficient (Wildman–Crippen LogP) is 2.71. The smallest absolute Gasteiger partial charge is 0.333 e. The van der Waals surface area contributed by atoms with Crippen LogP contribution in [0.2, 0.25) is 0 Å². The van der Waals surface area contributed by atoms with Crippen LogP contribution < -0.4 is 0 Å². The maximum Gasteiger partial charge on any atom is 0.409 e. The maximum absolute atomic E-state index is 12.2. The van der Waals surface area contributed by atoms with Crippen LogP contribution in [0.15, 0.2) is 23.4 Å². The van der Waals surface area contributed by atoms with E-state index in [0.717, 1.165) is 16.6 Å². The second-order valence-corrected chi connectivity index (χ2v) is 5.67. The number of nitrogens with one attached hydrogen (secondary N) is 1. The fourth-order valence-electron chi connectivity index (χ4n) is 1.86. The van der Waals surface area contributed by atoms with Crippen LogP contribution in [0.5, 0.6) is 0 Å². The lowest BCUT2D eigenvalue weighted by Crippen LogP contribution is -2.19. The van der Waals surface area contributed by atoms with Gasteiger partial charge in [0.1, 0.15) is 0 Å². The summed E-state index contributed by atoms with van der Waals surface area (Å²) in [7, 11) is 0. The Balaban J connectivity index is 1.66. The molecule has 0 aliphatic carbocycles. The van der Waals surface area contributed by atoms with Gasteiger partial charge in [0.15, 0.2) is 17.5 Å². The Bertz CT molecular complexity index is 794. The lowest BCUT2D eigenvalue weighted by atomic mass is 10.2. The number of tetrazole rings is 1. The molecule has 2 aromatic heterocycles. The maximum atomic E-state index is 12.2. The number of thioether (sulfide) groups is 1. The summed E-state index contributed by atoms with van der Waals surface area (Å²) >= 11 is 1.31. The quantitative estimate of drug-likeness (QED) is 0.746. The van der Waals surface area contributed by atoms with Crippen LogP contribution in [0.3, 0.4) is 0 Å². The van der Waals surface area contributed by atoms with Crippen molar-refractivity contribution in [2.24, 2.45) is 0 Å². The number of benzene rings is 1. The second kappa shape index (κ2) is 5.59. The van der Waals surface area contributed by atoms with Crippen LogP contribution in [-0.4, -0.2) is 36.4 Å². The number of imidazole rings is 1. The largest absolute Gasteiger partial charge is 0.409 e. The second-order valence-electron chi connectivity index (χ2n) is 4.70. The molecular weight excluding hydrogens is 317 g/mol. The van der Waals surface area contributed by atoms with Gasteiger partial charge in [-0.15, -0.1) is 10.2 Å². The summed E-state index contributed by atoms with van der Waals surface area (Å²) in [6.45, 7) is 0.741. The van der Waals surface area contributed by atoms with E-state index in [-0.39, 0.29) is 11.6 Å². The predicted molar refractivity (Wildman–Crippen MR) is 74.3 cm³/mol. The van der Waals surface area contributed by atoms with Crippen LogP contribution >= 0.6 is 11.8 Å². The third-order valence-electron chi connectivity index (χ3n) is 2.77. The third-order valence-corrected chi connectivity index (χ3v) is 3.64. The van der Waals surface area contributed by atoms with Crippen LogP contribution in [0.25, 0.3) is 11.0 Å². The van der Waals surface area contributed by atoms with Crippen molar-refractivity contribution in [3.05, 3.63) is 29.6 Å². The lowest BCUT2D eigenvalue weighted by Gasteiger charge is -2.02. The van der Waals surface area contributed by atoms with E-state index in [1.807, 2.05) is 25.1 Å². The first kappa shape index (κ1) is 14.8. The molecule has 1 N–H and O–H groups in total. The first-order valence-electron chi connectivity index (χ1n) is 6.32. The number of hydrogen-bond donors (Lipinski definition) is 1. The van der Waals surface area contributed by atoms with Crippen LogP contribution in [-0.2, 0) is 12.3 Å². The fraction of sp³-hybridized carbons (Fsp3) is 0.333. The van der Waals surface area contributed by atoms with E-state index < -0.39 is 12.7 Å². The molecule has 3 aromatic rings. The van der Waals surface area contributed by atoms with E-state index in [9.17, 15) is 13.2 Å². The molecule has 1 aromatic carbocycles. The van der Waals surface area contributed by atoms with Crippen molar-refractivity contribution < 1.29 is 13.2 Å². The molecule has 0 amide bonds. The van der Waals surface area contributed by atoms with Crippen LogP contribution in [0.4, 0.5) is 13.2 Å². The molecular formula is C12H11F3N6S. The summed E-state index contributed by atoms with van der Waals surface area (Å²) in [6.07, 6.45) is -4.36. The van der Waals surface area contributed by atoms with E-state index >= 15 is 0 Å². The molecule has 116 valence electrons. The number of nitrogens with zero attached hydrogens (tertiary/aromatic N) is 5. The van der Waals surface area contributed by atoms with Crippen molar-refractivity contribution in [2.75, 3.05) is 0 Å². The zero-order valence-corrected chi connectivity index (χ0v) is 12.2. The lowest BCUT2D eigenvalue weighted by molar-refractivity contribution is -0.145. The van der Waals surface area contributed by atoms with Gasteiger partial charge in [0, 0.05) is 0 Å². The Morgan fingerprint density at radius 1 is 1.32 bits per heavy atom. The molecule has 0 saturated heterocycles. The Kier molecular flexibility index (Phi) is 3.77. The number of fused-ring (bicyclic) bond motifs is 1. The van der Waals surface area contributed by atoms with Crippen LogP contribution in [0, 0.1) is 6.92 Å². The van der Waals surface area contributed by atoms with E-state index in [1.54, 1.807) is 0 Å². The summed E-state index contributed by atoms with van der Waals surface area (Å²) in [6, 6.07) is 5.84. The molecule has 0 spiro atoms. The highest BCUT2D eigenvalue weighted by atomic mass is 32.2. The van der Waals surface area contributed by atoms with Crippen molar-refractivity contribution in [1.29, 1.82) is 0 Å². The summed E-state index contributed by atoms with van der Waals surface area (Å²) in [4.78, 5) is 8.06. The number of H-pyrrole nitrogens is 1. The SMILES string of the molecule is Cc1ccc2nc(SCc3nnn(CC(F)(F)F)n3)[nH]c2c1. The highest BCUT2D eigenvalue weighted by Crippen LogP contribution is 2.22. The standard InChI is InChI=1S/C12H11F3N6S/c1-7-2-3-8-9(4-7)17-11(16-8)22-5-10-18-20-21(19-10)6-12(13,14)15/h2-4H,5-6H2,1H3,(H,16,17). The molecule has 10 heteroatoms. The first-order chi connectivity index (χ1) is 10.4. The number of rotatable bonds is 4. The van der Waals surface area contributed by atoms with Gasteiger partial charge in [-0.3, -0.25) is 0 Å². The van der Waals surface area contributed by atoms with E-state index in [1.165, 1.54) is 11.8 Å². The summed E-state index contributed by atoms with van der Waals surface area (Å²) in [5.41, 5.74) is 2.86. The molecule has 0 radical (unpaired) electrons. The molecule has 0 saturated carbocycles. The normalized spacial score (nSPS) is 12.2. The minimum Gasteiger partial charge on any atom is -0.333 e. The topological polar surface area (TPSA) is 72.3 Å². The number of halogens is 3. The number of aromatic amines is 1. The van der Waals surface area contributed by atoms with Gasteiger partial charge in [0.25, 0.3) is 0 Å². The fourth-order valence-corrected chi connectivity index (χ4v) is 2.59. The van der Waals surface area contributed by atoms with Crippen molar-refractivity contribution in [3.8, 4) is 0 Å². The molecule has 0 fully saturated rings. The Morgan fingerprint density at radius 2 is 2.14 bits per heavy atom. The molecule has 0 atom stereocenters. The van der Waals surface area contributed by atoms with Crippen molar-refractivity contribution in [1.82, 2.24) is 30.2 Å². The summed E-state index contributed by atoms with van der Waals surface area (Å²) < 4.78 is 36.6. The molecule has 2 heterocycles. The van der Waals surface area contributed by atoms with Gasteiger partial charge in [-0.05, 0) is 29.8 Å². The zero-order chi connectivity index (χ0) is 15.7. The zero-order valence-electron chi connectivity index (χ0n) is 11.4. The monoisotopic (exact) mass is 328 g/mol. The van der Waals surface area contributed by atoms with Gasteiger partial charge in [0.05, 0.1) is 16.8 Å². The minimum absolute atomic E-state index is 0.228. The molecule has 0 unspecified atom stereocenters. The Morgan fingerprint density at radius 3 is 2.91 bits per heavy atom. The number of aromatic nitrogens is 6. The summed E-state index contributed by atoms with van der Waals surface area (Å²) in [5, 5.41) is 11.3. The van der Waals surface area contributed by atoms with Gasteiger partial charge in [-0.1, -0.05) is 17.8 Å². The van der Waals surface area contributed by atoms with E-state index in [2.05, 4.69) is 25.4 Å². The molecule has 0 aliphatic heterocycles. The third kappa shape index (κ3) is 3.56. The summed E-state index contributed by atoms with van der Waals surface area (Å²) in [5.74, 6) is 0.516. The Hall–Kier alpha value is -2.10. The van der Waals surface area contributed by atoms with Gasteiger partial charge < -0.3 is 4.98 Å². The highest BCUT2D eigenvalue weighted by molar-refractivity contribution is 7.98. The number of aryl methyl sites for hydroxylation is 1. The van der Waals surface area contributed by atoms with Gasteiger partial charge in [0.2, 0.25) is 0 Å². The molecule has 6 nitrogen and oxygen atoms in total. The van der Waals surface area contributed by atoms with Crippen molar-refractivity contribution in [3.63, 3.8) is 0 Å². The Labute approximate surface area is 127 Å². The van der Waals surface area contributed by atoms with Gasteiger partial charge in [-0.2, -0.15) is 18.0 Å². The first-order valence-corrected chi connectivity index (χ1v) is 7.30. The number of hydrogen-bond acceptors (Lipinski definition) is 5. The van der Waals surface area contributed by atoms with Crippen molar-refractivity contribution in [2.45, 2.75) is 30.6 Å². The average molecular weight is 328 g/mol. The van der Waals surface area contributed by atoms with Crippen molar-refractivity contribution >= 4 is 22.8 Å². The number of alkyl halides is 3. The highest BCUT2D eigenvalue weighted by Gasteiger charge is 2.29. The van der Waals surface area contributed by atoms with E-state index in [0.29, 0.717) is 9.95 Å². The molecule has 0 bridgehead atoms. The molecule has 0 aliphatic rings. The average Bonchev–Trinajstić information content (AvgIpc) is 3.00. The molecule has 22 heavy (non-hydrogen) atoms. The van der Waals surface area contributed by atoms with Gasteiger partial charge >= 0.3 is 6.18 Å². The minimum atomic E-state index is -4.36.